The van der Waals surface area contributed by atoms with Crippen LogP contribution in [0.5, 0.6) is 0 Å². The van der Waals surface area contributed by atoms with Gasteiger partial charge in [0.25, 0.3) is 0 Å². The summed E-state index contributed by atoms with van der Waals surface area (Å²) in [6, 6.07) is 6.77. The first-order valence-corrected chi connectivity index (χ1v) is 6.11. The van der Waals surface area contributed by atoms with Gasteiger partial charge < -0.3 is 4.55 Å². The third-order valence-electron chi connectivity index (χ3n) is 1.95. The number of hydrogen-bond acceptors (Lipinski definition) is 2. The molecule has 0 bridgehead atoms. The molecule has 0 aliphatic carbocycles. The Morgan fingerprint density at radius 3 is 2.15 bits per heavy atom. The first kappa shape index (κ1) is 10.4. The lowest BCUT2D eigenvalue weighted by molar-refractivity contribution is 0.333. The van der Waals surface area contributed by atoms with Gasteiger partial charge in [-0.15, -0.1) is 0 Å². The van der Waals surface area contributed by atoms with E-state index in [9.17, 15) is 8.76 Å². The maximum Gasteiger partial charge on any atom is 0.108 e. The van der Waals surface area contributed by atoms with Crippen molar-refractivity contribution in [2.24, 2.45) is 0 Å². The fourth-order valence-electron chi connectivity index (χ4n) is 0.943. The molecule has 1 aromatic rings. The molecule has 0 unspecified atom stereocenters. The highest BCUT2D eigenvalue weighted by molar-refractivity contribution is 8.10. The van der Waals surface area contributed by atoms with E-state index in [-0.39, 0.29) is 0 Å². The van der Waals surface area contributed by atoms with E-state index in [1.54, 1.807) is 24.3 Å². The fourth-order valence-corrected chi connectivity index (χ4v) is 1.89. The van der Waals surface area contributed by atoms with Gasteiger partial charge in [-0.2, -0.15) is 0 Å². The quantitative estimate of drug-likeness (QED) is 0.796. The molecule has 1 N–H and O–H groups in total. The predicted molar refractivity (Wildman–Crippen MR) is 53.1 cm³/mol. The van der Waals surface area contributed by atoms with Gasteiger partial charge in [-0.3, -0.25) is 4.18 Å². The third-order valence-corrected chi connectivity index (χ3v) is 4.07. The molecule has 0 saturated carbocycles. The van der Waals surface area contributed by atoms with E-state index in [0.29, 0.717) is 4.90 Å². The second-order valence-electron chi connectivity index (χ2n) is 3.17. The molecule has 0 fully saturated rings. The van der Waals surface area contributed by atoms with Gasteiger partial charge in [0.2, 0.25) is 0 Å². The van der Waals surface area contributed by atoms with E-state index in [0.717, 1.165) is 5.56 Å². The number of rotatable bonds is 2. The highest BCUT2D eigenvalue weighted by Gasteiger charge is 2.28. The monoisotopic (exact) mass is 202 g/mol. The SMILES string of the molecule is COS(C)(=O)(O)c1ccc(C)cc1. The Morgan fingerprint density at radius 2 is 1.77 bits per heavy atom. The molecule has 0 saturated heterocycles. The predicted octanol–water partition coefficient (Wildman–Crippen LogP) is 1.84. The lowest BCUT2D eigenvalue weighted by Gasteiger charge is -2.30. The maximum atomic E-state index is 11.8. The number of benzene rings is 1. The molecular formula is C9H14O3S. The zero-order valence-corrected chi connectivity index (χ0v) is 8.80. The van der Waals surface area contributed by atoms with Gasteiger partial charge in [-0.05, 0) is 19.1 Å². The number of hydrogen-bond donors (Lipinski definition) is 1. The minimum Gasteiger partial charge on any atom is -0.304 e. The second kappa shape index (κ2) is 2.90. The smallest absolute Gasteiger partial charge is 0.108 e. The number of aryl methyl sites for hydroxylation is 1. The second-order valence-corrected chi connectivity index (χ2v) is 6.37. The molecule has 0 aliphatic rings. The van der Waals surface area contributed by atoms with Crippen molar-refractivity contribution in [3.05, 3.63) is 29.8 Å². The molecule has 0 radical (unpaired) electrons. The van der Waals surface area contributed by atoms with Crippen LogP contribution in [-0.2, 0) is 13.8 Å². The molecule has 13 heavy (non-hydrogen) atoms. The molecule has 0 spiro atoms. The van der Waals surface area contributed by atoms with Gasteiger partial charge in [0.15, 0.2) is 0 Å². The van der Waals surface area contributed by atoms with Crippen LogP contribution >= 0.6 is 0 Å². The van der Waals surface area contributed by atoms with E-state index in [1.807, 2.05) is 6.92 Å². The minimum absolute atomic E-state index is 0.310. The Morgan fingerprint density at radius 1 is 1.31 bits per heavy atom. The van der Waals surface area contributed by atoms with Gasteiger partial charge in [0.1, 0.15) is 9.63 Å². The summed E-state index contributed by atoms with van der Waals surface area (Å²) in [6.07, 6.45) is 1.20. The van der Waals surface area contributed by atoms with Crippen molar-refractivity contribution in [3.63, 3.8) is 0 Å². The fraction of sp³-hybridized carbons (Fsp3) is 0.333. The van der Waals surface area contributed by atoms with Crippen molar-refractivity contribution >= 4 is 9.63 Å². The Labute approximate surface area is 78.2 Å². The first-order chi connectivity index (χ1) is 5.83. The minimum atomic E-state index is -4.04. The van der Waals surface area contributed by atoms with Crippen molar-refractivity contribution in [1.29, 1.82) is 0 Å². The Kier molecular flexibility index (Phi) is 2.32. The van der Waals surface area contributed by atoms with Crippen LogP contribution in [0.2, 0.25) is 0 Å². The summed E-state index contributed by atoms with van der Waals surface area (Å²) < 4.78 is 26.1. The third kappa shape index (κ3) is 2.15. The van der Waals surface area contributed by atoms with E-state index in [4.69, 9.17) is 0 Å². The summed E-state index contributed by atoms with van der Waals surface area (Å²) in [7, 11) is -2.81. The van der Waals surface area contributed by atoms with E-state index in [2.05, 4.69) is 4.18 Å². The summed E-state index contributed by atoms with van der Waals surface area (Å²) in [5.41, 5.74) is 1.04. The van der Waals surface area contributed by atoms with Gasteiger partial charge in [-0.1, -0.05) is 17.7 Å². The van der Waals surface area contributed by atoms with Crippen LogP contribution in [0.1, 0.15) is 5.56 Å². The van der Waals surface area contributed by atoms with Gasteiger partial charge in [0, 0.05) is 6.26 Å². The largest absolute Gasteiger partial charge is 0.304 e. The molecule has 0 atom stereocenters. The highest BCUT2D eigenvalue weighted by atomic mass is 32.3. The lowest BCUT2D eigenvalue weighted by Crippen LogP contribution is -2.32. The lowest BCUT2D eigenvalue weighted by atomic mass is 10.2. The van der Waals surface area contributed by atoms with Crippen LogP contribution in [0.15, 0.2) is 29.2 Å². The van der Waals surface area contributed by atoms with Gasteiger partial charge in [0.05, 0.1) is 12.0 Å². The molecule has 4 heteroatoms. The Balaban J connectivity index is 3.24. The summed E-state index contributed by atoms with van der Waals surface area (Å²) in [5.74, 6) is 0. The first-order valence-electron chi connectivity index (χ1n) is 3.86. The average molecular weight is 202 g/mol. The van der Waals surface area contributed by atoms with Crippen molar-refractivity contribution in [2.75, 3.05) is 13.4 Å². The summed E-state index contributed by atoms with van der Waals surface area (Å²) in [4.78, 5) is 0.310. The molecule has 0 aromatic heterocycles. The van der Waals surface area contributed by atoms with Crippen LogP contribution in [0.4, 0.5) is 0 Å². The van der Waals surface area contributed by atoms with E-state index < -0.39 is 9.63 Å². The molecular weight excluding hydrogens is 188 g/mol. The van der Waals surface area contributed by atoms with E-state index >= 15 is 0 Å². The summed E-state index contributed by atoms with van der Waals surface area (Å²) in [6.45, 7) is 1.92. The van der Waals surface area contributed by atoms with Crippen LogP contribution in [0.25, 0.3) is 0 Å². The highest BCUT2D eigenvalue weighted by Crippen LogP contribution is 2.29. The zero-order valence-electron chi connectivity index (χ0n) is 7.98. The summed E-state index contributed by atoms with van der Waals surface area (Å²) >= 11 is 0. The van der Waals surface area contributed by atoms with Crippen LogP contribution in [0.3, 0.4) is 0 Å². The van der Waals surface area contributed by atoms with Gasteiger partial charge in [-0.25, -0.2) is 4.21 Å². The molecule has 0 amide bonds. The van der Waals surface area contributed by atoms with Crippen molar-refractivity contribution in [2.45, 2.75) is 11.8 Å². The van der Waals surface area contributed by atoms with Crippen molar-refractivity contribution in [3.8, 4) is 0 Å². The molecule has 74 valence electrons. The summed E-state index contributed by atoms with van der Waals surface area (Å²) in [5, 5.41) is 0. The zero-order chi connectivity index (χ0) is 10.1. The molecule has 3 nitrogen and oxygen atoms in total. The van der Waals surface area contributed by atoms with Crippen LogP contribution < -0.4 is 0 Å². The maximum absolute atomic E-state index is 11.8. The molecule has 1 rings (SSSR count). The van der Waals surface area contributed by atoms with E-state index in [1.165, 1.54) is 13.4 Å². The molecule has 0 aliphatic heterocycles. The van der Waals surface area contributed by atoms with Crippen molar-refractivity contribution in [1.82, 2.24) is 0 Å². The Hall–Kier alpha value is -0.710. The molecule has 0 heterocycles. The Bertz CT molecular complexity index is 361. The van der Waals surface area contributed by atoms with Crippen LogP contribution in [0, 0.1) is 6.92 Å². The standard InChI is InChI=1S/C9H14O3S/c1-8-4-6-9(7-5-8)13(3,10,11)12-2/h4-7H,1-3H3,(H,10,11). The topological polar surface area (TPSA) is 46.5 Å². The molecule has 1 aromatic carbocycles. The van der Waals surface area contributed by atoms with Crippen molar-refractivity contribution < 1.29 is 12.9 Å². The van der Waals surface area contributed by atoms with Crippen LogP contribution in [-0.4, -0.2) is 22.1 Å². The average Bonchev–Trinajstić information content (AvgIpc) is 2.05. The normalized spacial score (nSPS) is 14.9. The van der Waals surface area contributed by atoms with Gasteiger partial charge >= 0.3 is 0 Å².